The van der Waals surface area contributed by atoms with Crippen LogP contribution >= 0.6 is 12.2 Å². The molecule has 0 saturated heterocycles. The van der Waals surface area contributed by atoms with Crippen LogP contribution in [0.4, 0.5) is 10.6 Å². The quantitative estimate of drug-likeness (QED) is 0.852. The largest absolute Gasteiger partial charge is 0.444 e. The van der Waals surface area contributed by atoms with E-state index in [-0.39, 0.29) is 16.9 Å². The van der Waals surface area contributed by atoms with Gasteiger partial charge in [-0.2, -0.15) is 0 Å². The fraction of sp³-hybridized carbons (Fsp3) is 0.214. The molecule has 0 bridgehead atoms. The Labute approximate surface area is 126 Å². The molecule has 6 nitrogen and oxygen atoms in total. The van der Waals surface area contributed by atoms with Gasteiger partial charge in [0.2, 0.25) is 0 Å². The third kappa shape index (κ3) is 4.03. The summed E-state index contributed by atoms with van der Waals surface area (Å²) in [4.78, 5) is 25.7. The molecule has 0 atom stereocenters. The van der Waals surface area contributed by atoms with Crippen LogP contribution in [0.5, 0.6) is 0 Å². The summed E-state index contributed by atoms with van der Waals surface area (Å²) in [5.74, 6) is 0.310. The highest BCUT2D eigenvalue weighted by Gasteiger charge is 2.08. The maximum Gasteiger partial charge on any atom is 0.413 e. The van der Waals surface area contributed by atoms with Crippen molar-refractivity contribution in [2.24, 2.45) is 0 Å². The van der Waals surface area contributed by atoms with Crippen molar-refractivity contribution in [2.75, 3.05) is 5.32 Å². The molecule has 0 unspecified atom stereocenters. The standard InChI is InChI=1S/C14H15N3O3S/c1-2-17-11(8-12(18)16-13(17)21)15-14(19)20-9-10-6-4-3-5-7-10/h3-8H,2,9H2,1H3,(H,15,19)(H,16,18,21). The van der Waals surface area contributed by atoms with Gasteiger partial charge in [-0.15, -0.1) is 0 Å². The van der Waals surface area contributed by atoms with Crippen molar-refractivity contribution >= 4 is 24.1 Å². The Hall–Kier alpha value is -2.41. The zero-order chi connectivity index (χ0) is 15.2. The molecule has 0 aliphatic carbocycles. The molecule has 7 heteroatoms. The summed E-state index contributed by atoms with van der Waals surface area (Å²) in [6, 6.07) is 10.6. The molecule has 0 fully saturated rings. The average molecular weight is 305 g/mol. The summed E-state index contributed by atoms with van der Waals surface area (Å²) in [5, 5.41) is 2.53. The topological polar surface area (TPSA) is 76.1 Å². The molecular formula is C14H15N3O3S. The van der Waals surface area contributed by atoms with E-state index in [2.05, 4.69) is 10.3 Å². The number of nitrogens with zero attached hydrogens (tertiary/aromatic N) is 1. The third-order valence-electron chi connectivity index (χ3n) is 2.79. The molecular weight excluding hydrogens is 290 g/mol. The zero-order valence-electron chi connectivity index (χ0n) is 11.5. The number of ether oxygens (including phenoxy) is 1. The minimum absolute atomic E-state index is 0.155. The Bertz CT molecular complexity index is 737. The molecule has 1 aromatic carbocycles. The van der Waals surface area contributed by atoms with Gasteiger partial charge in [-0.3, -0.25) is 15.1 Å². The van der Waals surface area contributed by atoms with Crippen LogP contribution in [0.2, 0.25) is 0 Å². The first-order valence-electron chi connectivity index (χ1n) is 6.42. The molecule has 2 rings (SSSR count). The van der Waals surface area contributed by atoms with Crippen LogP contribution in [0.25, 0.3) is 0 Å². The Morgan fingerprint density at radius 2 is 2.10 bits per heavy atom. The summed E-state index contributed by atoms with van der Waals surface area (Å²) in [5.41, 5.74) is 0.508. The van der Waals surface area contributed by atoms with Gasteiger partial charge in [-0.25, -0.2) is 4.79 Å². The van der Waals surface area contributed by atoms with Gasteiger partial charge in [0.25, 0.3) is 5.56 Å². The highest BCUT2D eigenvalue weighted by atomic mass is 32.1. The van der Waals surface area contributed by atoms with Crippen LogP contribution in [-0.2, 0) is 17.9 Å². The second-order valence-electron chi connectivity index (χ2n) is 4.25. The van der Waals surface area contributed by atoms with Gasteiger partial charge >= 0.3 is 6.09 Å². The highest BCUT2D eigenvalue weighted by molar-refractivity contribution is 7.71. The van der Waals surface area contributed by atoms with E-state index in [1.165, 1.54) is 6.07 Å². The predicted octanol–water partition coefficient (Wildman–Crippen LogP) is 2.67. The van der Waals surface area contributed by atoms with Gasteiger partial charge in [-0.05, 0) is 24.7 Å². The van der Waals surface area contributed by atoms with Crippen LogP contribution < -0.4 is 10.9 Å². The van der Waals surface area contributed by atoms with E-state index in [0.717, 1.165) is 5.56 Å². The Kier molecular flexibility index (Phi) is 4.89. The van der Waals surface area contributed by atoms with Crippen molar-refractivity contribution in [1.82, 2.24) is 9.55 Å². The van der Waals surface area contributed by atoms with Crippen molar-refractivity contribution in [3.8, 4) is 0 Å². The van der Waals surface area contributed by atoms with E-state index in [4.69, 9.17) is 17.0 Å². The summed E-state index contributed by atoms with van der Waals surface area (Å²) in [7, 11) is 0. The van der Waals surface area contributed by atoms with Crippen molar-refractivity contribution in [2.45, 2.75) is 20.1 Å². The number of anilines is 1. The Morgan fingerprint density at radius 3 is 2.76 bits per heavy atom. The number of benzene rings is 1. The summed E-state index contributed by atoms with van der Waals surface area (Å²) >= 11 is 5.04. The van der Waals surface area contributed by atoms with Crippen LogP contribution in [0.3, 0.4) is 0 Å². The van der Waals surface area contributed by atoms with Gasteiger partial charge in [0, 0.05) is 12.6 Å². The van der Waals surface area contributed by atoms with Gasteiger partial charge < -0.3 is 9.30 Å². The molecule has 0 saturated carbocycles. The molecule has 0 aliphatic heterocycles. The first-order chi connectivity index (χ1) is 10.1. The summed E-state index contributed by atoms with van der Waals surface area (Å²) in [6.45, 7) is 2.53. The van der Waals surface area contributed by atoms with Crippen LogP contribution in [0, 0.1) is 4.77 Å². The molecule has 0 spiro atoms. The maximum absolute atomic E-state index is 11.8. The van der Waals surface area contributed by atoms with E-state index in [1.807, 2.05) is 37.3 Å². The molecule has 1 heterocycles. The van der Waals surface area contributed by atoms with Crippen LogP contribution in [0.15, 0.2) is 41.2 Å². The molecule has 2 aromatic rings. The van der Waals surface area contributed by atoms with E-state index in [0.29, 0.717) is 12.4 Å². The van der Waals surface area contributed by atoms with Gasteiger partial charge in [0.05, 0.1) is 0 Å². The van der Waals surface area contributed by atoms with Crippen molar-refractivity contribution in [3.63, 3.8) is 0 Å². The minimum Gasteiger partial charge on any atom is -0.444 e. The molecule has 1 amide bonds. The Balaban J connectivity index is 2.06. The van der Waals surface area contributed by atoms with E-state index in [9.17, 15) is 9.59 Å². The Morgan fingerprint density at radius 1 is 1.38 bits per heavy atom. The minimum atomic E-state index is -0.638. The fourth-order valence-electron chi connectivity index (χ4n) is 1.80. The van der Waals surface area contributed by atoms with Crippen molar-refractivity contribution < 1.29 is 9.53 Å². The number of H-pyrrole nitrogens is 1. The smallest absolute Gasteiger partial charge is 0.413 e. The lowest BCUT2D eigenvalue weighted by Crippen LogP contribution is -2.21. The molecule has 110 valence electrons. The number of rotatable bonds is 4. The van der Waals surface area contributed by atoms with Crippen LogP contribution in [-0.4, -0.2) is 15.6 Å². The van der Waals surface area contributed by atoms with Gasteiger partial charge in [-0.1, -0.05) is 30.3 Å². The van der Waals surface area contributed by atoms with Crippen molar-refractivity contribution in [1.29, 1.82) is 0 Å². The van der Waals surface area contributed by atoms with Gasteiger partial charge in [0.15, 0.2) is 4.77 Å². The van der Waals surface area contributed by atoms with E-state index >= 15 is 0 Å². The van der Waals surface area contributed by atoms with E-state index < -0.39 is 6.09 Å². The maximum atomic E-state index is 11.8. The first-order valence-corrected chi connectivity index (χ1v) is 6.83. The number of aromatic nitrogens is 2. The molecule has 1 aromatic heterocycles. The number of carbonyl (C=O) groups excluding carboxylic acids is 1. The second kappa shape index (κ2) is 6.85. The number of carbonyl (C=O) groups is 1. The lowest BCUT2D eigenvalue weighted by Gasteiger charge is -2.12. The first kappa shape index (κ1) is 15.0. The van der Waals surface area contributed by atoms with Crippen LogP contribution in [0.1, 0.15) is 12.5 Å². The average Bonchev–Trinajstić information content (AvgIpc) is 2.46. The zero-order valence-corrected chi connectivity index (χ0v) is 12.3. The fourth-order valence-corrected chi connectivity index (χ4v) is 2.13. The SMILES string of the molecule is CCn1c(NC(=O)OCc2ccccc2)cc(=O)[nH]c1=S. The number of amides is 1. The summed E-state index contributed by atoms with van der Waals surface area (Å²) in [6.07, 6.45) is -0.638. The van der Waals surface area contributed by atoms with Crippen molar-refractivity contribution in [3.05, 3.63) is 57.1 Å². The number of aromatic amines is 1. The highest BCUT2D eigenvalue weighted by Crippen LogP contribution is 2.07. The van der Waals surface area contributed by atoms with E-state index in [1.54, 1.807) is 4.57 Å². The van der Waals surface area contributed by atoms with Gasteiger partial charge in [0.1, 0.15) is 12.4 Å². The monoisotopic (exact) mass is 305 g/mol. The molecule has 0 aliphatic rings. The molecule has 0 radical (unpaired) electrons. The summed E-state index contributed by atoms with van der Waals surface area (Å²) < 4.78 is 6.95. The normalized spacial score (nSPS) is 10.1. The number of nitrogens with one attached hydrogen (secondary N) is 2. The predicted molar refractivity (Wildman–Crippen MR) is 81.8 cm³/mol. The number of hydrogen-bond acceptors (Lipinski definition) is 4. The second-order valence-corrected chi connectivity index (χ2v) is 4.64. The lowest BCUT2D eigenvalue weighted by molar-refractivity contribution is 0.155. The lowest BCUT2D eigenvalue weighted by atomic mass is 10.2. The molecule has 21 heavy (non-hydrogen) atoms. The third-order valence-corrected chi connectivity index (χ3v) is 3.12. The number of hydrogen-bond donors (Lipinski definition) is 2. The molecule has 2 N–H and O–H groups in total.